The zero-order valence-corrected chi connectivity index (χ0v) is 10.1. The molecular formula is C15H13O3. The molecule has 18 heavy (non-hydrogen) atoms. The maximum absolute atomic E-state index is 11.9. The number of rotatable bonds is 3. The van der Waals surface area contributed by atoms with E-state index in [0.717, 1.165) is 5.56 Å². The second-order valence-electron chi connectivity index (χ2n) is 3.74. The van der Waals surface area contributed by atoms with Crippen LogP contribution in [0.1, 0.15) is 15.9 Å². The fourth-order valence-electron chi connectivity index (χ4n) is 1.50. The van der Waals surface area contributed by atoms with Crippen molar-refractivity contribution < 1.29 is 14.3 Å². The van der Waals surface area contributed by atoms with Crippen molar-refractivity contribution in [3.63, 3.8) is 0 Å². The van der Waals surface area contributed by atoms with Gasteiger partial charge in [0.05, 0.1) is 12.7 Å². The normalized spacial score (nSPS) is 9.89. The van der Waals surface area contributed by atoms with Gasteiger partial charge in [-0.2, -0.15) is 0 Å². The van der Waals surface area contributed by atoms with E-state index in [1.165, 1.54) is 7.11 Å². The van der Waals surface area contributed by atoms with Gasteiger partial charge in [0.25, 0.3) is 0 Å². The molecule has 0 atom stereocenters. The molecule has 0 aliphatic rings. The molecule has 0 aliphatic carbocycles. The number of esters is 1. The number of ether oxygens (including phenoxy) is 2. The van der Waals surface area contributed by atoms with E-state index in [1.54, 1.807) is 42.5 Å². The molecule has 3 heteroatoms. The molecule has 0 saturated carbocycles. The van der Waals surface area contributed by atoms with Gasteiger partial charge in [0.15, 0.2) is 11.5 Å². The number of para-hydroxylation sites is 2. The van der Waals surface area contributed by atoms with Gasteiger partial charge in [0.1, 0.15) is 0 Å². The van der Waals surface area contributed by atoms with E-state index in [-0.39, 0.29) is 0 Å². The van der Waals surface area contributed by atoms with Crippen LogP contribution in [0.3, 0.4) is 0 Å². The zero-order chi connectivity index (χ0) is 13.0. The minimum Gasteiger partial charge on any atom is -0.493 e. The predicted octanol–water partition coefficient (Wildman–Crippen LogP) is 3.10. The van der Waals surface area contributed by atoms with Crippen molar-refractivity contribution in [2.45, 2.75) is 0 Å². The number of carbonyl (C=O) groups excluding carboxylic acids is 1. The van der Waals surface area contributed by atoms with Crippen molar-refractivity contribution in [3.05, 3.63) is 66.6 Å². The summed E-state index contributed by atoms with van der Waals surface area (Å²) in [6.07, 6.45) is 0. The smallest absolute Gasteiger partial charge is 0.343 e. The number of carbonyl (C=O) groups is 1. The summed E-state index contributed by atoms with van der Waals surface area (Å²) in [5.41, 5.74) is 1.33. The minimum atomic E-state index is -0.417. The Labute approximate surface area is 106 Å². The van der Waals surface area contributed by atoms with Crippen molar-refractivity contribution in [1.29, 1.82) is 0 Å². The average Bonchev–Trinajstić information content (AvgIpc) is 2.40. The van der Waals surface area contributed by atoms with Crippen LogP contribution < -0.4 is 9.47 Å². The molecule has 0 bridgehead atoms. The van der Waals surface area contributed by atoms with E-state index in [0.29, 0.717) is 17.1 Å². The first kappa shape index (κ1) is 12.2. The van der Waals surface area contributed by atoms with Crippen molar-refractivity contribution in [3.8, 4) is 11.5 Å². The molecule has 0 unspecified atom stereocenters. The van der Waals surface area contributed by atoms with E-state index in [2.05, 4.69) is 6.92 Å². The van der Waals surface area contributed by atoms with Gasteiger partial charge >= 0.3 is 5.97 Å². The Kier molecular flexibility index (Phi) is 3.63. The highest BCUT2D eigenvalue weighted by Gasteiger charge is 2.11. The largest absolute Gasteiger partial charge is 0.493 e. The molecule has 2 rings (SSSR count). The molecule has 2 aromatic carbocycles. The van der Waals surface area contributed by atoms with E-state index < -0.39 is 5.97 Å². The summed E-state index contributed by atoms with van der Waals surface area (Å²) in [6.45, 7) is 3.76. The lowest BCUT2D eigenvalue weighted by Gasteiger charge is -2.08. The van der Waals surface area contributed by atoms with Crippen LogP contribution in [0, 0.1) is 6.92 Å². The number of hydrogen-bond acceptors (Lipinski definition) is 3. The maximum Gasteiger partial charge on any atom is 0.343 e. The lowest BCUT2D eigenvalue weighted by molar-refractivity contribution is 0.0730. The van der Waals surface area contributed by atoms with Gasteiger partial charge in [0, 0.05) is 0 Å². The Balaban J connectivity index is 2.18. The first-order chi connectivity index (χ1) is 8.70. The third-order valence-corrected chi connectivity index (χ3v) is 2.46. The minimum absolute atomic E-state index is 0.406. The van der Waals surface area contributed by atoms with Gasteiger partial charge < -0.3 is 9.47 Å². The van der Waals surface area contributed by atoms with Crippen LogP contribution >= 0.6 is 0 Å². The highest BCUT2D eigenvalue weighted by Crippen LogP contribution is 2.26. The summed E-state index contributed by atoms with van der Waals surface area (Å²) >= 11 is 0. The van der Waals surface area contributed by atoms with Crippen LogP contribution in [0.5, 0.6) is 11.5 Å². The van der Waals surface area contributed by atoms with Gasteiger partial charge in [0.2, 0.25) is 0 Å². The Morgan fingerprint density at radius 1 is 1.00 bits per heavy atom. The molecule has 0 saturated heterocycles. The topological polar surface area (TPSA) is 35.5 Å². The highest BCUT2D eigenvalue weighted by atomic mass is 16.6. The molecule has 0 spiro atoms. The second-order valence-corrected chi connectivity index (χ2v) is 3.74. The number of hydrogen-bond donors (Lipinski definition) is 0. The molecule has 3 nitrogen and oxygen atoms in total. The molecule has 0 fully saturated rings. The lowest BCUT2D eigenvalue weighted by atomic mass is 10.1. The van der Waals surface area contributed by atoms with Crippen LogP contribution in [0.25, 0.3) is 0 Å². The molecule has 0 aliphatic heterocycles. The standard InChI is InChI=1S/C15H13O3/c1-11-7-9-12(10-8-11)15(16)18-14-6-4-3-5-13(14)17-2/h3-10H,1H2,2H3. The molecular weight excluding hydrogens is 228 g/mol. The SMILES string of the molecule is [CH2]c1ccc(C(=O)Oc2ccccc2OC)cc1. The lowest BCUT2D eigenvalue weighted by Crippen LogP contribution is -2.09. The summed E-state index contributed by atoms with van der Waals surface area (Å²) < 4.78 is 10.4. The van der Waals surface area contributed by atoms with E-state index in [4.69, 9.17) is 9.47 Å². The third kappa shape index (κ3) is 2.69. The summed E-state index contributed by atoms with van der Waals surface area (Å²) in [6, 6.07) is 13.9. The Morgan fingerprint density at radius 3 is 2.22 bits per heavy atom. The van der Waals surface area contributed by atoms with Gasteiger partial charge in [-0.05, 0) is 36.8 Å². The summed E-state index contributed by atoms with van der Waals surface area (Å²) in [5.74, 6) is 0.517. The first-order valence-corrected chi connectivity index (χ1v) is 5.48. The summed E-state index contributed by atoms with van der Waals surface area (Å²) in [4.78, 5) is 11.9. The van der Waals surface area contributed by atoms with Crippen LogP contribution in [-0.2, 0) is 0 Å². The van der Waals surface area contributed by atoms with E-state index >= 15 is 0 Å². The molecule has 0 N–H and O–H groups in total. The highest BCUT2D eigenvalue weighted by molar-refractivity contribution is 5.91. The first-order valence-electron chi connectivity index (χ1n) is 5.48. The van der Waals surface area contributed by atoms with Crippen molar-refractivity contribution in [2.75, 3.05) is 7.11 Å². The van der Waals surface area contributed by atoms with Gasteiger partial charge in [-0.25, -0.2) is 4.79 Å². The second kappa shape index (κ2) is 5.36. The van der Waals surface area contributed by atoms with E-state index in [9.17, 15) is 4.79 Å². The van der Waals surface area contributed by atoms with Crippen LogP contribution in [0.2, 0.25) is 0 Å². The quantitative estimate of drug-likeness (QED) is 0.612. The van der Waals surface area contributed by atoms with Gasteiger partial charge in [-0.3, -0.25) is 0 Å². The molecule has 1 radical (unpaired) electrons. The summed E-state index contributed by atoms with van der Waals surface area (Å²) in [5, 5.41) is 0. The monoisotopic (exact) mass is 241 g/mol. The molecule has 0 aromatic heterocycles. The Morgan fingerprint density at radius 2 is 1.61 bits per heavy atom. The molecule has 0 heterocycles. The Bertz CT molecular complexity index is 544. The average molecular weight is 241 g/mol. The fraction of sp³-hybridized carbons (Fsp3) is 0.0667. The van der Waals surface area contributed by atoms with Crippen molar-refractivity contribution >= 4 is 5.97 Å². The van der Waals surface area contributed by atoms with Crippen LogP contribution in [0.4, 0.5) is 0 Å². The fourth-order valence-corrected chi connectivity index (χ4v) is 1.50. The summed E-state index contributed by atoms with van der Waals surface area (Å²) in [7, 11) is 1.53. The van der Waals surface area contributed by atoms with Gasteiger partial charge in [-0.15, -0.1) is 0 Å². The van der Waals surface area contributed by atoms with Crippen LogP contribution in [0.15, 0.2) is 48.5 Å². The number of benzene rings is 2. The molecule has 2 aromatic rings. The third-order valence-electron chi connectivity index (χ3n) is 2.46. The number of methoxy groups -OCH3 is 1. The Hall–Kier alpha value is -2.29. The molecule has 91 valence electrons. The zero-order valence-electron chi connectivity index (χ0n) is 10.1. The van der Waals surface area contributed by atoms with Crippen LogP contribution in [-0.4, -0.2) is 13.1 Å². The maximum atomic E-state index is 11.9. The van der Waals surface area contributed by atoms with Crippen molar-refractivity contribution in [1.82, 2.24) is 0 Å². The van der Waals surface area contributed by atoms with Gasteiger partial charge in [-0.1, -0.05) is 24.3 Å². The van der Waals surface area contributed by atoms with E-state index in [1.807, 2.05) is 6.07 Å². The molecule has 0 amide bonds. The predicted molar refractivity (Wildman–Crippen MR) is 68.9 cm³/mol. The van der Waals surface area contributed by atoms with Crippen molar-refractivity contribution in [2.24, 2.45) is 0 Å².